The molecule has 2 N–H and O–H groups in total. The molecule has 0 aliphatic heterocycles. The Morgan fingerprint density at radius 2 is 1.67 bits per heavy atom. The fourth-order valence-corrected chi connectivity index (χ4v) is 7.82. The van der Waals surface area contributed by atoms with E-state index in [1.165, 1.54) is 19.2 Å². The van der Waals surface area contributed by atoms with Crippen LogP contribution in [-0.4, -0.2) is 58.7 Å². The summed E-state index contributed by atoms with van der Waals surface area (Å²) in [5, 5.41) is 5.47. The van der Waals surface area contributed by atoms with Crippen molar-refractivity contribution in [2.45, 2.75) is 67.5 Å². The molecule has 246 valence electrons. The Labute approximate surface area is 258 Å². The number of carbonyl (C=O) groups is 2. The normalized spacial score (nSPS) is 26.4. The van der Waals surface area contributed by atoms with E-state index in [1.54, 1.807) is 7.11 Å². The van der Waals surface area contributed by atoms with E-state index in [4.69, 9.17) is 14.2 Å². The van der Waals surface area contributed by atoms with Crippen molar-refractivity contribution >= 4 is 27.3 Å². The molecule has 2 bridgehead atoms. The van der Waals surface area contributed by atoms with Gasteiger partial charge in [-0.1, -0.05) is 6.07 Å². The summed E-state index contributed by atoms with van der Waals surface area (Å²) in [5.74, 6) is -2.32. The number of anilines is 1. The highest BCUT2D eigenvalue weighted by Gasteiger charge is 2.52. The smallest absolute Gasteiger partial charge is 0.496 e. The number of halogens is 4. The minimum absolute atomic E-state index is 0.00648. The molecule has 0 spiro atoms. The Morgan fingerprint density at radius 1 is 0.956 bits per heavy atom. The molecule has 2 aromatic carbocycles. The number of alkyl halides is 3. The summed E-state index contributed by atoms with van der Waals surface area (Å²) in [6.07, 6.45) is 5.11. The van der Waals surface area contributed by atoms with Crippen molar-refractivity contribution in [2.75, 3.05) is 26.1 Å². The number of hydrogen-bond acceptors (Lipinski definition) is 7. The van der Waals surface area contributed by atoms with Gasteiger partial charge in [0.05, 0.1) is 29.6 Å². The van der Waals surface area contributed by atoms with Crippen LogP contribution in [0.15, 0.2) is 41.3 Å². The molecule has 2 amide bonds. The van der Waals surface area contributed by atoms with Crippen LogP contribution in [0.3, 0.4) is 0 Å². The Bertz CT molecular complexity index is 1530. The molecule has 0 unspecified atom stereocenters. The lowest BCUT2D eigenvalue weighted by atomic mass is 9.83. The first kappa shape index (κ1) is 33.0. The van der Waals surface area contributed by atoms with Crippen LogP contribution in [0.5, 0.6) is 11.5 Å². The highest BCUT2D eigenvalue weighted by molar-refractivity contribution is 7.92. The van der Waals surface area contributed by atoms with Gasteiger partial charge in [0.15, 0.2) is 11.6 Å². The number of amides is 2. The van der Waals surface area contributed by atoms with E-state index in [-0.39, 0.29) is 40.7 Å². The minimum Gasteiger partial charge on any atom is -0.496 e. The van der Waals surface area contributed by atoms with Gasteiger partial charge in [-0.05, 0) is 87.0 Å². The van der Waals surface area contributed by atoms with Gasteiger partial charge in [0.2, 0.25) is 5.91 Å². The number of ether oxygens (including phenoxy) is 3. The number of fused-ring (bicyclic) bond motifs is 2. The summed E-state index contributed by atoms with van der Waals surface area (Å²) in [4.78, 5) is 26.1. The predicted molar refractivity (Wildman–Crippen MR) is 155 cm³/mol. The molecule has 14 heteroatoms. The molecular weight excluding hydrogens is 620 g/mol. The molecule has 0 saturated heterocycles. The van der Waals surface area contributed by atoms with Crippen LogP contribution in [0.1, 0.15) is 55.3 Å². The third-order valence-corrected chi connectivity index (χ3v) is 10.7. The highest BCUT2D eigenvalue weighted by Crippen LogP contribution is 2.49. The van der Waals surface area contributed by atoms with E-state index in [0.717, 1.165) is 49.9 Å². The molecule has 3 aliphatic carbocycles. The van der Waals surface area contributed by atoms with E-state index in [1.807, 2.05) is 0 Å². The second-order valence-corrected chi connectivity index (χ2v) is 14.0. The van der Waals surface area contributed by atoms with Gasteiger partial charge in [-0.15, -0.1) is 0 Å². The van der Waals surface area contributed by atoms with Crippen molar-refractivity contribution in [2.24, 2.45) is 23.7 Å². The van der Waals surface area contributed by atoms with Crippen LogP contribution < -0.4 is 20.1 Å². The topological polar surface area (TPSA) is 120 Å². The van der Waals surface area contributed by atoms with Crippen molar-refractivity contribution in [1.29, 1.82) is 0 Å². The number of rotatable bonds is 10. The lowest BCUT2D eigenvalue weighted by molar-refractivity contribution is -0.122. The van der Waals surface area contributed by atoms with E-state index < -0.39 is 49.8 Å². The predicted octanol–water partition coefficient (Wildman–Crippen LogP) is 5.50. The van der Waals surface area contributed by atoms with Crippen molar-refractivity contribution in [1.82, 2.24) is 5.32 Å². The monoisotopic (exact) mass is 656 g/mol. The molecule has 45 heavy (non-hydrogen) atoms. The first-order valence-corrected chi connectivity index (χ1v) is 16.4. The lowest BCUT2D eigenvalue weighted by Gasteiger charge is -2.31. The summed E-state index contributed by atoms with van der Waals surface area (Å²) in [5.41, 5.74) is -5.57. The SMILES string of the molecule is COC[C@H]1CC[C@H](Oc2cc(C(=O)N[C@@H]3[C@@H]4CC[C@@H](C4)[C@@H]3C(=O)Nc3cccc(S(=O)(=O)C(F)(F)F)c3)c(OC)cc2F)CC1. The Balaban J connectivity index is 1.31. The molecular formula is C31H36F4N2O7S. The van der Waals surface area contributed by atoms with E-state index >= 15 is 0 Å². The fraction of sp³-hybridized carbons (Fsp3) is 0.548. The zero-order chi connectivity index (χ0) is 32.5. The quantitative estimate of drug-likeness (QED) is 0.325. The summed E-state index contributed by atoms with van der Waals surface area (Å²) < 4.78 is 94.5. The second-order valence-electron chi connectivity index (χ2n) is 12.0. The van der Waals surface area contributed by atoms with Gasteiger partial charge in [0.1, 0.15) is 5.75 Å². The first-order chi connectivity index (χ1) is 21.3. The zero-order valence-corrected chi connectivity index (χ0v) is 25.7. The third-order valence-electron chi connectivity index (χ3n) is 9.22. The standard InChI is InChI=1S/C31H36F4N2O7S/c1-42-16-17-6-10-21(11-7-17)44-26-14-23(25(43-2)15-24(26)32)29(38)37-28-19-9-8-18(12-19)27(28)30(39)36-20-4-3-5-22(13-20)45(40,41)31(33,34)35/h3-5,13-15,17-19,21,27-28H,6-12,16H2,1-2H3,(H,36,39)(H,37,38)/t17-,18-,19+,21-,27-,28+/m0/s1. The molecule has 0 heterocycles. The highest BCUT2D eigenvalue weighted by atomic mass is 32.2. The largest absolute Gasteiger partial charge is 0.501 e. The molecule has 9 nitrogen and oxygen atoms in total. The van der Waals surface area contributed by atoms with Gasteiger partial charge in [-0.3, -0.25) is 9.59 Å². The summed E-state index contributed by atoms with van der Waals surface area (Å²) in [6, 6.07) is 5.75. The first-order valence-electron chi connectivity index (χ1n) is 14.9. The van der Waals surface area contributed by atoms with Crippen molar-refractivity contribution in [3.63, 3.8) is 0 Å². The average molecular weight is 657 g/mol. The molecule has 0 radical (unpaired) electrons. The number of carbonyl (C=O) groups excluding carboxylic acids is 2. The van der Waals surface area contributed by atoms with Gasteiger partial charge < -0.3 is 24.8 Å². The Kier molecular flexibility index (Phi) is 9.64. The van der Waals surface area contributed by atoms with Crippen LogP contribution in [0.25, 0.3) is 0 Å². The van der Waals surface area contributed by atoms with E-state index in [9.17, 15) is 35.6 Å². The van der Waals surface area contributed by atoms with E-state index in [2.05, 4.69) is 10.6 Å². The molecule has 5 rings (SSSR count). The lowest BCUT2D eigenvalue weighted by Crippen LogP contribution is -2.48. The Morgan fingerprint density at radius 3 is 2.33 bits per heavy atom. The van der Waals surface area contributed by atoms with Gasteiger partial charge in [-0.25, -0.2) is 12.8 Å². The van der Waals surface area contributed by atoms with Gasteiger partial charge in [0.25, 0.3) is 15.7 Å². The molecule has 2 aromatic rings. The number of benzene rings is 2. The summed E-state index contributed by atoms with van der Waals surface area (Å²) in [7, 11) is -2.64. The zero-order valence-electron chi connectivity index (χ0n) is 24.9. The molecule has 3 aliphatic rings. The Hall–Kier alpha value is -3.39. The van der Waals surface area contributed by atoms with Crippen LogP contribution in [0.2, 0.25) is 0 Å². The number of nitrogens with one attached hydrogen (secondary N) is 2. The molecule has 0 aromatic heterocycles. The number of methoxy groups -OCH3 is 2. The van der Waals surface area contributed by atoms with Crippen LogP contribution >= 0.6 is 0 Å². The molecule has 3 fully saturated rings. The number of sulfone groups is 1. The van der Waals surface area contributed by atoms with Gasteiger partial charge in [-0.2, -0.15) is 13.2 Å². The van der Waals surface area contributed by atoms with E-state index in [0.29, 0.717) is 31.8 Å². The van der Waals surface area contributed by atoms with Crippen LogP contribution in [-0.2, 0) is 19.4 Å². The summed E-state index contributed by atoms with van der Waals surface area (Å²) >= 11 is 0. The summed E-state index contributed by atoms with van der Waals surface area (Å²) in [6.45, 7) is 0.655. The minimum atomic E-state index is -5.61. The number of hydrogen-bond donors (Lipinski definition) is 2. The molecule has 4 atom stereocenters. The van der Waals surface area contributed by atoms with Crippen molar-refractivity contribution < 1.29 is 49.8 Å². The maximum Gasteiger partial charge on any atom is 0.501 e. The van der Waals surface area contributed by atoms with Gasteiger partial charge >= 0.3 is 5.51 Å². The van der Waals surface area contributed by atoms with Crippen molar-refractivity contribution in [3.05, 3.63) is 47.8 Å². The van der Waals surface area contributed by atoms with Crippen LogP contribution in [0, 0.1) is 29.5 Å². The third kappa shape index (κ3) is 6.91. The average Bonchev–Trinajstić information content (AvgIpc) is 3.61. The van der Waals surface area contributed by atoms with Crippen LogP contribution in [0.4, 0.5) is 23.2 Å². The second kappa shape index (κ2) is 13.1. The maximum absolute atomic E-state index is 15.0. The molecule has 3 saturated carbocycles. The fourth-order valence-electron chi connectivity index (χ4n) is 7.01. The van der Waals surface area contributed by atoms with Crippen molar-refractivity contribution in [3.8, 4) is 11.5 Å². The van der Waals surface area contributed by atoms with Gasteiger partial charge in [0, 0.05) is 31.5 Å². The maximum atomic E-state index is 15.0.